The Hall–Kier alpha value is -0.470. The van der Waals surface area contributed by atoms with Crippen LogP contribution < -0.4 is 0 Å². The van der Waals surface area contributed by atoms with Gasteiger partial charge in [0.05, 0.1) is 0 Å². The number of carbonyl (C=O) groups is 1. The molecule has 0 fully saturated rings. The number of thioether (sulfide) groups is 1. The summed E-state index contributed by atoms with van der Waals surface area (Å²) >= 11 is 7.34. The van der Waals surface area contributed by atoms with E-state index in [2.05, 4.69) is 13.8 Å². The number of aryl methyl sites for hydroxylation is 1. The van der Waals surface area contributed by atoms with Crippen LogP contribution in [0.4, 0.5) is 0 Å². The number of ketones is 1. The molecule has 0 heterocycles. The zero-order valence-electron chi connectivity index (χ0n) is 9.92. The predicted molar refractivity (Wildman–Crippen MR) is 71.8 cm³/mol. The molecule has 0 bridgehead atoms. The second-order valence-electron chi connectivity index (χ2n) is 4.03. The van der Waals surface area contributed by atoms with Gasteiger partial charge in [0.25, 0.3) is 0 Å². The molecule has 1 nitrogen and oxygen atoms in total. The summed E-state index contributed by atoms with van der Waals surface area (Å²) in [4.78, 5) is 13.0. The minimum absolute atomic E-state index is 0.141. The van der Waals surface area contributed by atoms with E-state index in [4.69, 9.17) is 11.6 Å². The predicted octanol–water partition coefficient (Wildman–Crippen LogP) is 4.31. The topological polar surface area (TPSA) is 17.1 Å². The van der Waals surface area contributed by atoms with Crippen LogP contribution in [0.3, 0.4) is 0 Å². The molecule has 0 N–H and O–H groups in total. The first-order valence-corrected chi connectivity index (χ1v) is 6.82. The number of benzene rings is 1. The van der Waals surface area contributed by atoms with Gasteiger partial charge >= 0.3 is 0 Å². The van der Waals surface area contributed by atoms with E-state index in [0.717, 1.165) is 16.0 Å². The van der Waals surface area contributed by atoms with Crippen molar-refractivity contribution in [3.8, 4) is 0 Å². The molecule has 1 rings (SSSR count). The number of Topliss-reactive ketones (excluding diaryl/α,β-unsaturated/α-hetero) is 1. The lowest BCUT2D eigenvalue weighted by Gasteiger charge is -2.11. The summed E-state index contributed by atoms with van der Waals surface area (Å²) in [6, 6.07) is 6.03. The van der Waals surface area contributed by atoms with Crippen LogP contribution in [0.25, 0.3) is 0 Å². The Kier molecular flexibility index (Phi) is 5.36. The van der Waals surface area contributed by atoms with Gasteiger partial charge in [-0.15, -0.1) is 23.4 Å². The number of halogens is 1. The van der Waals surface area contributed by atoms with E-state index in [1.807, 2.05) is 25.1 Å². The molecule has 1 aromatic rings. The lowest BCUT2D eigenvalue weighted by Crippen LogP contribution is -2.03. The molecule has 88 valence electrons. The first kappa shape index (κ1) is 13.6. The molecule has 16 heavy (non-hydrogen) atoms. The fourth-order valence-electron chi connectivity index (χ4n) is 1.44. The quantitative estimate of drug-likeness (QED) is 0.444. The van der Waals surface area contributed by atoms with Crippen LogP contribution in [0.5, 0.6) is 0 Å². The van der Waals surface area contributed by atoms with Crippen LogP contribution in [-0.2, 0) is 0 Å². The molecule has 0 aliphatic carbocycles. The fourth-order valence-corrected chi connectivity index (χ4v) is 2.56. The number of alkyl halides is 1. The van der Waals surface area contributed by atoms with Crippen LogP contribution in [-0.4, -0.2) is 16.9 Å². The number of hydrogen-bond acceptors (Lipinski definition) is 2. The first-order valence-electron chi connectivity index (χ1n) is 5.41. The third kappa shape index (κ3) is 3.84. The molecule has 3 heteroatoms. The van der Waals surface area contributed by atoms with Gasteiger partial charge < -0.3 is 0 Å². The van der Waals surface area contributed by atoms with Crippen molar-refractivity contribution in [3.05, 3.63) is 29.3 Å². The van der Waals surface area contributed by atoms with Gasteiger partial charge in [0.1, 0.15) is 0 Å². The largest absolute Gasteiger partial charge is 0.294 e. The SMILES string of the molecule is Cc1ccc(SC(C)C)c(C(=O)CCCl)c1. The minimum Gasteiger partial charge on any atom is -0.294 e. The van der Waals surface area contributed by atoms with Gasteiger partial charge in [-0.3, -0.25) is 4.79 Å². The van der Waals surface area contributed by atoms with Gasteiger partial charge in [-0.25, -0.2) is 0 Å². The van der Waals surface area contributed by atoms with Crippen molar-refractivity contribution in [2.75, 3.05) is 5.88 Å². The van der Waals surface area contributed by atoms with E-state index in [1.165, 1.54) is 0 Å². The Morgan fingerprint density at radius 1 is 1.44 bits per heavy atom. The lowest BCUT2D eigenvalue weighted by molar-refractivity contribution is 0.0986. The van der Waals surface area contributed by atoms with Crippen LogP contribution >= 0.6 is 23.4 Å². The number of rotatable bonds is 5. The Morgan fingerprint density at radius 2 is 2.12 bits per heavy atom. The minimum atomic E-state index is 0.141. The van der Waals surface area contributed by atoms with Gasteiger partial charge in [0.2, 0.25) is 0 Å². The van der Waals surface area contributed by atoms with Crippen molar-refractivity contribution in [2.45, 2.75) is 37.3 Å². The summed E-state index contributed by atoms with van der Waals surface area (Å²) in [6.07, 6.45) is 0.413. The van der Waals surface area contributed by atoms with Crippen molar-refractivity contribution in [1.82, 2.24) is 0 Å². The third-order valence-electron chi connectivity index (χ3n) is 2.12. The highest BCUT2D eigenvalue weighted by Crippen LogP contribution is 2.28. The van der Waals surface area contributed by atoms with Crippen molar-refractivity contribution in [3.63, 3.8) is 0 Å². The molecule has 1 aromatic carbocycles. The van der Waals surface area contributed by atoms with Gasteiger partial charge in [0.15, 0.2) is 5.78 Å². The van der Waals surface area contributed by atoms with Crippen molar-refractivity contribution < 1.29 is 4.79 Å². The average molecular weight is 257 g/mol. The van der Waals surface area contributed by atoms with Crippen molar-refractivity contribution in [1.29, 1.82) is 0 Å². The van der Waals surface area contributed by atoms with Gasteiger partial charge in [-0.05, 0) is 19.1 Å². The first-order chi connectivity index (χ1) is 7.54. The molecule has 0 unspecified atom stereocenters. The molecular formula is C13H17ClOS. The maximum atomic E-state index is 11.9. The molecule has 0 saturated carbocycles. The molecular weight excluding hydrogens is 240 g/mol. The zero-order valence-corrected chi connectivity index (χ0v) is 11.5. The van der Waals surface area contributed by atoms with Gasteiger partial charge in [0, 0.05) is 28.0 Å². The second kappa shape index (κ2) is 6.31. The third-order valence-corrected chi connectivity index (χ3v) is 3.39. The zero-order chi connectivity index (χ0) is 12.1. The van der Waals surface area contributed by atoms with Gasteiger partial charge in [-0.1, -0.05) is 25.5 Å². The summed E-state index contributed by atoms with van der Waals surface area (Å²) < 4.78 is 0. The Bertz CT molecular complexity index is 374. The van der Waals surface area contributed by atoms with Crippen LogP contribution in [0, 0.1) is 6.92 Å². The summed E-state index contributed by atoms with van der Waals surface area (Å²) in [5, 5.41) is 0.477. The molecule has 0 saturated heterocycles. The highest BCUT2D eigenvalue weighted by atomic mass is 35.5. The second-order valence-corrected chi connectivity index (χ2v) is 6.02. The fraction of sp³-hybridized carbons (Fsp3) is 0.462. The molecule has 0 radical (unpaired) electrons. The van der Waals surface area contributed by atoms with Crippen molar-refractivity contribution >= 4 is 29.1 Å². The summed E-state index contributed by atoms with van der Waals surface area (Å²) in [6.45, 7) is 6.25. The molecule has 0 amide bonds. The number of hydrogen-bond donors (Lipinski definition) is 0. The van der Waals surface area contributed by atoms with E-state index < -0.39 is 0 Å². The molecule has 0 aliphatic rings. The van der Waals surface area contributed by atoms with E-state index in [1.54, 1.807) is 11.8 Å². The van der Waals surface area contributed by atoms with Crippen LogP contribution in [0.2, 0.25) is 0 Å². The summed E-state index contributed by atoms with van der Waals surface area (Å²) in [7, 11) is 0. The molecule has 0 spiro atoms. The Balaban J connectivity index is 3.02. The van der Waals surface area contributed by atoms with Crippen LogP contribution in [0.15, 0.2) is 23.1 Å². The normalized spacial score (nSPS) is 10.8. The highest BCUT2D eigenvalue weighted by molar-refractivity contribution is 8.00. The average Bonchev–Trinajstić information content (AvgIpc) is 2.20. The highest BCUT2D eigenvalue weighted by Gasteiger charge is 2.12. The number of carbonyl (C=O) groups excluding carboxylic acids is 1. The monoisotopic (exact) mass is 256 g/mol. The van der Waals surface area contributed by atoms with E-state index in [9.17, 15) is 4.79 Å². The lowest BCUT2D eigenvalue weighted by atomic mass is 10.1. The maximum absolute atomic E-state index is 11.9. The Labute approximate surface area is 107 Å². The smallest absolute Gasteiger partial charge is 0.165 e. The van der Waals surface area contributed by atoms with E-state index >= 15 is 0 Å². The standard InChI is InChI=1S/C13H17ClOS/c1-9(2)16-13-5-4-10(3)8-11(13)12(15)6-7-14/h4-5,8-9H,6-7H2,1-3H3. The van der Waals surface area contributed by atoms with Crippen LogP contribution in [0.1, 0.15) is 36.2 Å². The Morgan fingerprint density at radius 3 is 2.69 bits per heavy atom. The van der Waals surface area contributed by atoms with E-state index in [0.29, 0.717) is 17.6 Å². The molecule has 0 aromatic heterocycles. The maximum Gasteiger partial charge on any atom is 0.165 e. The van der Waals surface area contributed by atoms with E-state index in [-0.39, 0.29) is 5.78 Å². The summed E-state index contributed by atoms with van der Waals surface area (Å²) in [5.74, 6) is 0.528. The molecule has 0 aliphatic heterocycles. The summed E-state index contributed by atoms with van der Waals surface area (Å²) in [5.41, 5.74) is 1.94. The van der Waals surface area contributed by atoms with Crippen molar-refractivity contribution in [2.24, 2.45) is 0 Å². The molecule has 0 atom stereocenters. The van der Waals surface area contributed by atoms with Gasteiger partial charge in [-0.2, -0.15) is 0 Å².